The Labute approximate surface area is 110 Å². The number of amides is 1. The van der Waals surface area contributed by atoms with Gasteiger partial charge in [0.2, 0.25) is 5.91 Å². The largest absolute Gasteiger partial charge is 0.385 e. The Bertz CT molecular complexity index is 248. The number of methoxy groups -OCH3 is 2. The van der Waals surface area contributed by atoms with Gasteiger partial charge in [0.1, 0.15) is 0 Å². The van der Waals surface area contributed by atoms with Gasteiger partial charge in [-0.3, -0.25) is 4.79 Å². The van der Waals surface area contributed by atoms with Crippen molar-refractivity contribution in [3.63, 3.8) is 0 Å². The smallest absolute Gasteiger partial charge is 0.225 e. The molecule has 5 heteroatoms. The van der Waals surface area contributed by atoms with Crippen molar-refractivity contribution in [1.82, 2.24) is 4.90 Å². The number of nitrogens with zero attached hydrogens (tertiary/aromatic N) is 1. The van der Waals surface area contributed by atoms with Crippen molar-refractivity contribution in [2.75, 3.05) is 40.5 Å². The Morgan fingerprint density at radius 2 is 1.94 bits per heavy atom. The van der Waals surface area contributed by atoms with E-state index in [9.17, 15) is 4.79 Å². The SMILES string of the molecule is COCCCN(CCOC)C(=O)C1CCC(N)C1. The first-order valence-corrected chi connectivity index (χ1v) is 6.71. The van der Waals surface area contributed by atoms with Gasteiger partial charge in [-0.1, -0.05) is 0 Å². The van der Waals surface area contributed by atoms with E-state index in [0.717, 1.165) is 32.2 Å². The minimum atomic E-state index is 0.111. The zero-order valence-electron chi connectivity index (χ0n) is 11.6. The third kappa shape index (κ3) is 4.92. The van der Waals surface area contributed by atoms with Crippen LogP contribution in [0, 0.1) is 5.92 Å². The highest BCUT2D eigenvalue weighted by Gasteiger charge is 2.30. The van der Waals surface area contributed by atoms with E-state index in [2.05, 4.69) is 0 Å². The molecule has 0 aromatic carbocycles. The van der Waals surface area contributed by atoms with Crippen LogP contribution in [0.3, 0.4) is 0 Å². The summed E-state index contributed by atoms with van der Waals surface area (Å²) in [6.45, 7) is 2.66. The van der Waals surface area contributed by atoms with Crippen molar-refractivity contribution in [3.05, 3.63) is 0 Å². The highest BCUT2D eigenvalue weighted by atomic mass is 16.5. The molecule has 106 valence electrons. The van der Waals surface area contributed by atoms with Crippen LogP contribution in [0.25, 0.3) is 0 Å². The topological polar surface area (TPSA) is 64.8 Å². The molecule has 0 radical (unpaired) electrons. The van der Waals surface area contributed by atoms with Crippen LogP contribution >= 0.6 is 0 Å². The molecule has 1 saturated carbocycles. The van der Waals surface area contributed by atoms with E-state index in [1.807, 2.05) is 4.90 Å². The van der Waals surface area contributed by atoms with Gasteiger partial charge in [0.05, 0.1) is 6.61 Å². The lowest BCUT2D eigenvalue weighted by Crippen LogP contribution is -2.39. The first-order chi connectivity index (χ1) is 8.69. The van der Waals surface area contributed by atoms with Gasteiger partial charge < -0.3 is 20.1 Å². The second kappa shape index (κ2) is 8.45. The van der Waals surface area contributed by atoms with Gasteiger partial charge in [-0.25, -0.2) is 0 Å². The standard InChI is InChI=1S/C13H26N2O3/c1-17-8-3-6-15(7-9-18-2)13(16)11-4-5-12(14)10-11/h11-12H,3-10,14H2,1-2H3. The van der Waals surface area contributed by atoms with Crippen molar-refractivity contribution in [1.29, 1.82) is 0 Å². The van der Waals surface area contributed by atoms with E-state index in [-0.39, 0.29) is 17.9 Å². The molecule has 1 aliphatic carbocycles. The molecular weight excluding hydrogens is 232 g/mol. The molecular formula is C13H26N2O3. The van der Waals surface area contributed by atoms with E-state index < -0.39 is 0 Å². The monoisotopic (exact) mass is 258 g/mol. The Balaban J connectivity index is 2.43. The summed E-state index contributed by atoms with van der Waals surface area (Å²) in [5.41, 5.74) is 5.87. The van der Waals surface area contributed by atoms with Gasteiger partial charge in [-0.15, -0.1) is 0 Å². The number of ether oxygens (including phenoxy) is 2. The maximum absolute atomic E-state index is 12.4. The fourth-order valence-electron chi connectivity index (χ4n) is 2.43. The fraction of sp³-hybridized carbons (Fsp3) is 0.923. The first kappa shape index (κ1) is 15.4. The summed E-state index contributed by atoms with van der Waals surface area (Å²) in [5, 5.41) is 0. The molecule has 1 aliphatic rings. The number of hydrogen-bond donors (Lipinski definition) is 1. The van der Waals surface area contributed by atoms with Crippen LogP contribution < -0.4 is 5.73 Å². The quantitative estimate of drug-likeness (QED) is 0.648. The molecule has 18 heavy (non-hydrogen) atoms. The zero-order chi connectivity index (χ0) is 13.4. The molecule has 0 heterocycles. The highest BCUT2D eigenvalue weighted by molar-refractivity contribution is 5.79. The van der Waals surface area contributed by atoms with Crippen molar-refractivity contribution in [2.45, 2.75) is 31.7 Å². The molecule has 0 spiro atoms. The summed E-state index contributed by atoms with van der Waals surface area (Å²) in [6.07, 6.45) is 3.58. The summed E-state index contributed by atoms with van der Waals surface area (Å²) < 4.78 is 10.1. The molecule has 0 aromatic heterocycles. The molecule has 0 aromatic rings. The van der Waals surface area contributed by atoms with Crippen LogP contribution in [0.5, 0.6) is 0 Å². The Kier molecular flexibility index (Phi) is 7.23. The minimum Gasteiger partial charge on any atom is -0.385 e. The molecule has 1 rings (SSSR count). The van der Waals surface area contributed by atoms with Gasteiger partial charge >= 0.3 is 0 Å². The third-order valence-electron chi connectivity index (χ3n) is 3.48. The van der Waals surface area contributed by atoms with Crippen molar-refractivity contribution in [3.8, 4) is 0 Å². The average Bonchev–Trinajstić information content (AvgIpc) is 2.79. The molecule has 1 amide bonds. The van der Waals surface area contributed by atoms with Gasteiger partial charge in [-0.2, -0.15) is 0 Å². The van der Waals surface area contributed by atoms with Gasteiger partial charge in [0, 0.05) is 45.9 Å². The maximum Gasteiger partial charge on any atom is 0.225 e. The summed E-state index contributed by atoms with van der Waals surface area (Å²) in [5.74, 6) is 0.343. The molecule has 5 nitrogen and oxygen atoms in total. The molecule has 2 N–H and O–H groups in total. The number of hydrogen-bond acceptors (Lipinski definition) is 4. The Morgan fingerprint density at radius 1 is 1.22 bits per heavy atom. The van der Waals surface area contributed by atoms with Gasteiger partial charge in [0.25, 0.3) is 0 Å². The molecule has 0 bridgehead atoms. The number of nitrogens with two attached hydrogens (primary N) is 1. The van der Waals surface area contributed by atoms with E-state index in [1.54, 1.807) is 14.2 Å². The maximum atomic E-state index is 12.4. The lowest BCUT2D eigenvalue weighted by molar-refractivity contribution is -0.136. The molecule has 0 aliphatic heterocycles. The van der Waals surface area contributed by atoms with Gasteiger partial charge in [-0.05, 0) is 25.7 Å². The summed E-state index contributed by atoms with van der Waals surface area (Å²) >= 11 is 0. The van der Waals surface area contributed by atoms with Gasteiger partial charge in [0.15, 0.2) is 0 Å². The molecule has 2 atom stereocenters. The second-order valence-corrected chi connectivity index (χ2v) is 4.93. The van der Waals surface area contributed by atoms with Crippen LogP contribution in [0.1, 0.15) is 25.7 Å². The van der Waals surface area contributed by atoms with Crippen molar-refractivity contribution in [2.24, 2.45) is 11.7 Å². The molecule has 1 fully saturated rings. The molecule has 2 unspecified atom stereocenters. The predicted octanol–water partition coefficient (Wildman–Crippen LogP) is 0.625. The number of carbonyl (C=O) groups is 1. The lowest BCUT2D eigenvalue weighted by Gasteiger charge is -2.25. The Morgan fingerprint density at radius 3 is 2.50 bits per heavy atom. The van der Waals surface area contributed by atoms with E-state index in [4.69, 9.17) is 15.2 Å². The van der Waals surface area contributed by atoms with Crippen LogP contribution in [0.4, 0.5) is 0 Å². The number of rotatable bonds is 8. The molecule has 0 saturated heterocycles. The van der Waals surface area contributed by atoms with E-state index in [0.29, 0.717) is 19.8 Å². The first-order valence-electron chi connectivity index (χ1n) is 6.71. The van der Waals surface area contributed by atoms with Crippen LogP contribution in [0.2, 0.25) is 0 Å². The van der Waals surface area contributed by atoms with Crippen molar-refractivity contribution >= 4 is 5.91 Å². The van der Waals surface area contributed by atoms with Crippen LogP contribution in [-0.4, -0.2) is 57.4 Å². The highest BCUT2D eigenvalue weighted by Crippen LogP contribution is 2.26. The van der Waals surface area contributed by atoms with Crippen molar-refractivity contribution < 1.29 is 14.3 Å². The van der Waals surface area contributed by atoms with Crippen LogP contribution in [0.15, 0.2) is 0 Å². The number of carbonyl (C=O) groups excluding carboxylic acids is 1. The summed E-state index contributed by atoms with van der Waals surface area (Å²) in [7, 11) is 3.33. The Hall–Kier alpha value is -0.650. The van der Waals surface area contributed by atoms with Crippen LogP contribution in [-0.2, 0) is 14.3 Å². The second-order valence-electron chi connectivity index (χ2n) is 4.93. The third-order valence-corrected chi connectivity index (χ3v) is 3.48. The fourth-order valence-corrected chi connectivity index (χ4v) is 2.43. The predicted molar refractivity (Wildman–Crippen MR) is 70.3 cm³/mol. The normalized spacial score (nSPS) is 23.3. The zero-order valence-corrected chi connectivity index (χ0v) is 11.6. The lowest BCUT2D eigenvalue weighted by atomic mass is 10.1. The average molecular weight is 258 g/mol. The van der Waals surface area contributed by atoms with E-state index in [1.165, 1.54) is 0 Å². The summed E-state index contributed by atoms with van der Waals surface area (Å²) in [4.78, 5) is 14.3. The van der Waals surface area contributed by atoms with E-state index >= 15 is 0 Å². The minimum absolute atomic E-state index is 0.111. The summed E-state index contributed by atoms with van der Waals surface area (Å²) in [6, 6.07) is 0.196.